The Morgan fingerprint density at radius 2 is 1.63 bits per heavy atom. The number of benzene rings is 3. The molecule has 5 nitrogen and oxygen atoms in total. The highest BCUT2D eigenvalue weighted by Crippen LogP contribution is 2.27. The van der Waals surface area contributed by atoms with Crippen LogP contribution in [0.4, 0.5) is 5.69 Å². The SMILES string of the molecule is O=C(Nc1ccc2ccccc2c1)[C@H]1Cc2ccccc2CN1C(=O)c1ccco1. The molecule has 1 aliphatic heterocycles. The first-order valence-electron chi connectivity index (χ1n) is 9.90. The molecular formula is C25H20N2O3. The second kappa shape index (κ2) is 7.52. The summed E-state index contributed by atoms with van der Waals surface area (Å²) in [7, 11) is 0. The molecule has 0 aliphatic carbocycles. The molecule has 3 aromatic carbocycles. The molecule has 1 aromatic heterocycles. The van der Waals surface area contributed by atoms with E-state index in [4.69, 9.17) is 4.42 Å². The number of carbonyl (C=O) groups excluding carboxylic acids is 2. The summed E-state index contributed by atoms with van der Waals surface area (Å²) >= 11 is 0. The van der Waals surface area contributed by atoms with Crippen molar-refractivity contribution < 1.29 is 14.0 Å². The standard InChI is InChI=1S/C25H20N2O3/c28-24(26-21-12-11-17-6-1-2-7-18(17)14-21)22-15-19-8-3-4-9-20(19)16-27(22)25(29)23-10-5-13-30-23/h1-14,22H,15-16H2,(H,26,28)/t22-/m1/s1. The lowest BCUT2D eigenvalue weighted by Gasteiger charge is -2.35. The van der Waals surface area contributed by atoms with Crippen molar-refractivity contribution in [1.82, 2.24) is 4.90 Å². The Morgan fingerprint density at radius 3 is 2.43 bits per heavy atom. The Hall–Kier alpha value is -3.86. The predicted molar refractivity (Wildman–Crippen MR) is 115 cm³/mol. The minimum Gasteiger partial charge on any atom is -0.459 e. The van der Waals surface area contributed by atoms with Crippen molar-refractivity contribution in [3.05, 3.63) is 102 Å². The quantitative estimate of drug-likeness (QED) is 0.549. The molecule has 2 heterocycles. The number of hydrogen-bond donors (Lipinski definition) is 1. The number of furan rings is 1. The van der Waals surface area contributed by atoms with Crippen molar-refractivity contribution in [2.45, 2.75) is 19.0 Å². The molecule has 5 rings (SSSR count). The normalized spacial score (nSPS) is 15.6. The van der Waals surface area contributed by atoms with Gasteiger partial charge in [0.2, 0.25) is 5.91 Å². The van der Waals surface area contributed by atoms with Crippen LogP contribution < -0.4 is 5.32 Å². The maximum Gasteiger partial charge on any atom is 0.290 e. The summed E-state index contributed by atoms with van der Waals surface area (Å²) in [6.45, 7) is 0.367. The number of rotatable bonds is 3. The molecule has 0 unspecified atom stereocenters. The highest BCUT2D eigenvalue weighted by molar-refractivity contribution is 6.01. The fourth-order valence-corrected chi connectivity index (χ4v) is 4.01. The van der Waals surface area contributed by atoms with Gasteiger partial charge in [0.25, 0.3) is 5.91 Å². The van der Waals surface area contributed by atoms with Gasteiger partial charge in [-0.05, 0) is 46.2 Å². The Balaban J connectivity index is 1.45. The third kappa shape index (κ3) is 3.35. The molecule has 1 N–H and O–H groups in total. The lowest BCUT2D eigenvalue weighted by molar-refractivity contribution is -0.121. The van der Waals surface area contributed by atoms with Crippen LogP contribution in [0.15, 0.2) is 89.5 Å². The second-order valence-electron chi connectivity index (χ2n) is 7.45. The molecule has 0 saturated heterocycles. The zero-order valence-electron chi connectivity index (χ0n) is 16.2. The zero-order chi connectivity index (χ0) is 20.5. The molecule has 0 fully saturated rings. The van der Waals surface area contributed by atoms with Crippen LogP contribution in [0.1, 0.15) is 21.7 Å². The maximum absolute atomic E-state index is 13.3. The summed E-state index contributed by atoms with van der Waals surface area (Å²) in [6.07, 6.45) is 1.93. The molecule has 5 heteroatoms. The van der Waals surface area contributed by atoms with Crippen LogP contribution in [0.2, 0.25) is 0 Å². The first kappa shape index (κ1) is 18.2. The molecular weight excluding hydrogens is 376 g/mol. The predicted octanol–water partition coefficient (Wildman–Crippen LogP) is 4.64. The van der Waals surface area contributed by atoms with Crippen molar-refractivity contribution in [2.24, 2.45) is 0 Å². The van der Waals surface area contributed by atoms with Gasteiger partial charge in [-0.15, -0.1) is 0 Å². The Bertz CT molecular complexity index is 1230. The zero-order valence-corrected chi connectivity index (χ0v) is 16.2. The summed E-state index contributed by atoms with van der Waals surface area (Å²) in [5.41, 5.74) is 2.84. The van der Waals surface area contributed by atoms with Gasteiger partial charge in [-0.25, -0.2) is 0 Å². The highest BCUT2D eigenvalue weighted by atomic mass is 16.3. The number of carbonyl (C=O) groups is 2. The van der Waals surface area contributed by atoms with Crippen LogP contribution in [0.5, 0.6) is 0 Å². The first-order chi connectivity index (χ1) is 14.7. The molecule has 4 aromatic rings. The van der Waals surface area contributed by atoms with E-state index in [9.17, 15) is 9.59 Å². The molecule has 1 atom stereocenters. The van der Waals surface area contributed by atoms with Gasteiger partial charge in [-0.1, -0.05) is 54.6 Å². The Labute approximate surface area is 173 Å². The van der Waals surface area contributed by atoms with Gasteiger partial charge in [0, 0.05) is 18.7 Å². The Kier molecular flexibility index (Phi) is 4.56. The second-order valence-corrected chi connectivity index (χ2v) is 7.45. The third-order valence-corrected chi connectivity index (χ3v) is 5.56. The van der Waals surface area contributed by atoms with Gasteiger partial charge in [0.1, 0.15) is 6.04 Å². The monoisotopic (exact) mass is 396 g/mol. The van der Waals surface area contributed by atoms with Crippen molar-refractivity contribution >= 4 is 28.3 Å². The van der Waals surface area contributed by atoms with E-state index in [-0.39, 0.29) is 17.6 Å². The maximum atomic E-state index is 13.3. The number of amides is 2. The lowest BCUT2D eigenvalue weighted by Crippen LogP contribution is -2.50. The van der Waals surface area contributed by atoms with Gasteiger partial charge in [0.15, 0.2) is 5.76 Å². The molecule has 0 bridgehead atoms. The number of fused-ring (bicyclic) bond motifs is 2. The molecule has 0 spiro atoms. The molecule has 1 aliphatic rings. The lowest BCUT2D eigenvalue weighted by atomic mass is 9.93. The van der Waals surface area contributed by atoms with Crippen LogP contribution in [0.3, 0.4) is 0 Å². The van der Waals surface area contributed by atoms with Gasteiger partial charge in [-0.3, -0.25) is 9.59 Å². The minimum atomic E-state index is -0.621. The van der Waals surface area contributed by atoms with Crippen LogP contribution in [-0.2, 0) is 17.8 Å². The summed E-state index contributed by atoms with van der Waals surface area (Å²) < 4.78 is 5.31. The number of hydrogen-bond acceptors (Lipinski definition) is 3. The fraction of sp³-hybridized carbons (Fsp3) is 0.120. The molecule has 0 saturated carbocycles. The van der Waals surface area contributed by atoms with Gasteiger partial charge >= 0.3 is 0 Å². The van der Waals surface area contributed by atoms with Crippen LogP contribution in [-0.4, -0.2) is 22.8 Å². The fourth-order valence-electron chi connectivity index (χ4n) is 4.01. The van der Waals surface area contributed by atoms with E-state index in [1.807, 2.05) is 66.7 Å². The van der Waals surface area contributed by atoms with E-state index in [0.717, 1.165) is 21.9 Å². The van der Waals surface area contributed by atoms with Gasteiger partial charge < -0.3 is 14.6 Å². The van der Waals surface area contributed by atoms with E-state index in [1.54, 1.807) is 17.0 Å². The number of nitrogens with zero attached hydrogens (tertiary/aromatic N) is 1. The summed E-state index contributed by atoms with van der Waals surface area (Å²) in [5.74, 6) is -0.259. The summed E-state index contributed by atoms with van der Waals surface area (Å²) in [5, 5.41) is 5.16. The van der Waals surface area contributed by atoms with Gasteiger partial charge in [-0.2, -0.15) is 0 Å². The van der Waals surface area contributed by atoms with Gasteiger partial charge in [0.05, 0.1) is 6.26 Å². The average molecular weight is 396 g/mol. The van der Waals surface area contributed by atoms with Crippen molar-refractivity contribution in [3.63, 3.8) is 0 Å². The van der Waals surface area contributed by atoms with Crippen LogP contribution in [0.25, 0.3) is 10.8 Å². The van der Waals surface area contributed by atoms with Crippen LogP contribution >= 0.6 is 0 Å². The third-order valence-electron chi connectivity index (χ3n) is 5.56. The van der Waals surface area contributed by atoms with E-state index < -0.39 is 6.04 Å². The smallest absolute Gasteiger partial charge is 0.290 e. The van der Waals surface area contributed by atoms with E-state index in [2.05, 4.69) is 5.32 Å². The number of nitrogens with one attached hydrogen (secondary N) is 1. The molecule has 148 valence electrons. The van der Waals surface area contributed by atoms with E-state index in [1.165, 1.54) is 6.26 Å². The average Bonchev–Trinajstić information content (AvgIpc) is 3.32. The number of anilines is 1. The topological polar surface area (TPSA) is 62.6 Å². The van der Waals surface area contributed by atoms with Crippen LogP contribution in [0, 0.1) is 0 Å². The molecule has 2 amide bonds. The Morgan fingerprint density at radius 1 is 0.867 bits per heavy atom. The van der Waals surface area contributed by atoms with E-state index in [0.29, 0.717) is 18.7 Å². The van der Waals surface area contributed by atoms with Crippen molar-refractivity contribution in [3.8, 4) is 0 Å². The van der Waals surface area contributed by atoms with Crippen molar-refractivity contribution in [1.29, 1.82) is 0 Å². The molecule has 0 radical (unpaired) electrons. The molecule has 30 heavy (non-hydrogen) atoms. The highest BCUT2D eigenvalue weighted by Gasteiger charge is 2.36. The minimum absolute atomic E-state index is 0.209. The summed E-state index contributed by atoms with van der Waals surface area (Å²) in [6, 6.07) is 24.4. The largest absolute Gasteiger partial charge is 0.459 e. The summed E-state index contributed by atoms with van der Waals surface area (Å²) in [4.78, 5) is 27.9. The van der Waals surface area contributed by atoms with Crippen molar-refractivity contribution in [2.75, 3.05) is 5.32 Å². The van der Waals surface area contributed by atoms with E-state index >= 15 is 0 Å². The first-order valence-corrected chi connectivity index (χ1v) is 9.90.